The number of thioether (sulfide) groups is 1. The van der Waals surface area contributed by atoms with E-state index >= 15 is 0 Å². The molecule has 1 aliphatic heterocycles. The molecule has 2 heterocycles. The lowest BCUT2D eigenvalue weighted by Gasteiger charge is -2.18. The molecule has 1 fully saturated rings. The van der Waals surface area contributed by atoms with Gasteiger partial charge in [0.15, 0.2) is 0 Å². The van der Waals surface area contributed by atoms with Crippen LogP contribution in [-0.4, -0.2) is 36.8 Å². The van der Waals surface area contributed by atoms with E-state index in [-0.39, 0.29) is 10.2 Å². The highest BCUT2D eigenvalue weighted by Crippen LogP contribution is 2.33. The largest absolute Gasteiger partial charge is 0.480 e. The summed E-state index contributed by atoms with van der Waals surface area (Å²) in [5.74, 6) is -1.42. The maximum Gasteiger partial charge on any atom is 0.326 e. The summed E-state index contributed by atoms with van der Waals surface area (Å²) < 4.78 is 2.15. The Morgan fingerprint density at radius 2 is 2.26 bits per heavy atom. The molecule has 1 aliphatic rings. The molecule has 1 aromatic rings. The second kappa shape index (κ2) is 5.18. The first-order valence-electron chi connectivity index (χ1n) is 5.52. The van der Waals surface area contributed by atoms with E-state index in [1.807, 2.05) is 30.1 Å². The Morgan fingerprint density at radius 3 is 2.79 bits per heavy atom. The summed E-state index contributed by atoms with van der Waals surface area (Å²) >= 11 is 6.20. The second-order valence-corrected chi connectivity index (χ2v) is 5.85. The first-order valence-corrected chi connectivity index (χ1v) is 6.74. The molecule has 1 unspecified atom stereocenters. The van der Waals surface area contributed by atoms with Crippen LogP contribution in [0.1, 0.15) is 12.5 Å². The van der Waals surface area contributed by atoms with Crippen LogP contribution in [0.2, 0.25) is 0 Å². The van der Waals surface area contributed by atoms with Crippen molar-refractivity contribution >= 4 is 46.3 Å². The highest BCUT2D eigenvalue weighted by Gasteiger charge is 2.38. The summed E-state index contributed by atoms with van der Waals surface area (Å²) in [7, 11) is 1.88. The average Bonchev–Trinajstić information content (AvgIpc) is 2.84. The zero-order valence-corrected chi connectivity index (χ0v) is 12.0. The Hall–Kier alpha value is -1.60. The number of carbonyl (C=O) groups excluding carboxylic acids is 1. The Bertz CT molecular complexity index is 592. The molecule has 1 atom stereocenters. The van der Waals surface area contributed by atoms with Gasteiger partial charge in [0.25, 0.3) is 5.91 Å². The van der Waals surface area contributed by atoms with Crippen LogP contribution in [0.15, 0.2) is 23.4 Å². The fraction of sp³-hybridized carbons (Fsp3) is 0.250. The zero-order valence-electron chi connectivity index (χ0n) is 10.4. The number of thiocarbonyl (C=S) groups is 1. The van der Waals surface area contributed by atoms with Crippen molar-refractivity contribution in [3.63, 3.8) is 0 Å². The molecule has 1 N–H and O–H groups in total. The first kappa shape index (κ1) is 13.8. The van der Waals surface area contributed by atoms with Gasteiger partial charge in [0.05, 0.1) is 4.91 Å². The van der Waals surface area contributed by atoms with Crippen LogP contribution in [0, 0.1) is 0 Å². The predicted octanol–water partition coefficient (Wildman–Crippen LogP) is 1.70. The standard InChI is InChI=1S/C12H12N2O3S2/c1-7(11(16)17)14-10(15)9(19-12(14)18)5-8-3-4-13(2)6-8/h3-7H,1-2H3,(H,16,17)/b9-5+. The van der Waals surface area contributed by atoms with Crippen LogP contribution >= 0.6 is 24.0 Å². The third-order valence-corrected chi connectivity index (χ3v) is 4.05. The van der Waals surface area contributed by atoms with Crippen LogP contribution in [0.4, 0.5) is 0 Å². The Kier molecular flexibility index (Phi) is 3.77. The Morgan fingerprint density at radius 1 is 1.58 bits per heavy atom. The fourth-order valence-electron chi connectivity index (χ4n) is 1.69. The summed E-state index contributed by atoms with van der Waals surface area (Å²) in [5, 5.41) is 8.97. The van der Waals surface area contributed by atoms with E-state index in [1.165, 1.54) is 6.92 Å². The highest BCUT2D eigenvalue weighted by molar-refractivity contribution is 8.26. The number of amides is 1. The van der Waals surface area contributed by atoms with Crippen molar-refractivity contribution in [2.24, 2.45) is 7.05 Å². The van der Waals surface area contributed by atoms with Gasteiger partial charge in [-0.3, -0.25) is 9.69 Å². The van der Waals surface area contributed by atoms with Gasteiger partial charge in [-0.1, -0.05) is 24.0 Å². The third-order valence-electron chi connectivity index (χ3n) is 2.72. The monoisotopic (exact) mass is 296 g/mol. The minimum Gasteiger partial charge on any atom is -0.480 e. The molecule has 7 heteroatoms. The van der Waals surface area contributed by atoms with Gasteiger partial charge in [0.1, 0.15) is 10.4 Å². The quantitative estimate of drug-likeness (QED) is 0.679. The van der Waals surface area contributed by atoms with Crippen molar-refractivity contribution in [2.45, 2.75) is 13.0 Å². The van der Waals surface area contributed by atoms with Gasteiger partial charge in [0.2, 0.25) is 0 Å². The average molecular weight is 296 g/mol. The Labute approximate surface area is 119 Å². The summed E-state index contributed by atoms with van der Waals surface area (Å²) in [6.07, 6.45) is 5.45. The highest BCUT2D eigenvalue weighted by atomic mass is 32.2. The maximum absolute atomic E-state index is 12.2. The van der Waals surface area contributed by atoms with Crippen molar-refractivity contribution in [1.29, 1.82) is 0 Å². The molecule has 0 radical (unpaired) electrons. The van der Waals surface area contributed by atoms with Gasteiger partial charge in [-0.15, -0.1) is 0 Å². The number of aryl methyl sites for hydroxylation is 1. The molecule has 1 aromatic heterocycles. The van der Waals surface area contributed by atoms with Gasteiger partial charge in [0, 0.05) is 19.4 Å². The first-order chi connectivity index (χ1) is 8.90. The van der Waals surface area contributed by atoms with Crippen molar-refractivity contribution < 1.29 is 14.7 Å². The normalized spacial score (nSPS) is 19.3. The molecule has 0 spiro atoms. The summed E-state index contributed by atoms with van der Waals surface area (Å²) in [6, 6.07) is 0.918. The molecular formula is C12H12N2O3S2. The maximum atomic E-state index is 12.2. The van der Waals surface area contributed by atoms with Crippen LogP contribution in [0.25, 0.3) is 6.08 Å². The van der Waals surface area contributed by atoms with Crippen molar-refractivity contribution in [3.8, 4) is 0 Å². The van der Waals surface area contributed by atoms with Gasteiger partial charge < -0.3 is 9.67 Å². The molecule has 100 valence electrons. The van der Waals surface area contributed by atoms with Gasteiger partial charge >= 0.3 is 5.97 Å². The lowest BCUT2D eigenvalue weighted by molar-refractivity contribution is -0.144. The van der Waals surface area contributed by atoms with Crippen molar-refractivity contribution in [3.05, 3.63) is 28.9 Å². The number of carboxylic acids is 1. The lowest BCUT2D eigenvalue weighted by atomic mass is 10.2. The van der Waals surface area contributed by atoms with Crippen molar-refractivity contribution in [2.75, 3.05) is 0 Å². The minimum atomic E-state index is -1.07. The summed E-state index contributed by atoms with van der Waals surface area (Å²) in [5.41, 5.74) is 0.881. The van der Waals surface area contributed by atoms with Crippen molar-refractivity contribution in [1.82, 2.24) is 9.47 Å². The molecule has 2 rings (SSSR count). The van der Waals surface area contributed by atoms with Gasteiger partial charge in [-0.05, 0) is 24.6 Å². The number of aliphatic carboxylic acids is 1. The van der Waals surface area contributed by atoms with Gasteiger partial charge in [-0.25, -0.2) is 4.79 Å². The topological polar surface area (TPSA) is 62.5 Å². The summed E-state index contributed by atoms with van der Waals surface area (Å²) in [4.78, 5) is 24.7. The smallest absolute Gasteiger partial charge is 0.326 e. The predicted molar refractivity (Wildman–Crippen MR) is 77.5 cm³/mol. The summed E-state index contributed by atoms with van der Waals surface area (Å²) in [6.45, 7) is 1.44. The molecule has 0 aromatic carbocycles. The van der Waals surface area contributed by atoms with E-state index in [0.29, 0.717) is 4.91 Å². The van der Waals surface area contributed by atoms with Crippen LogP contribution in [-0.2, 0) is 16.6 Å². The Balaban J connectivity index is 2.27. The zero-order chi connectivity index (χ0) is 14.2. The number of aromatic nitrogens is 1. The van der Waals surface area contributed by atoms with Crippen LogP contribution < -0.4 is 0 Å². The van der Waals surface area contributed by atoms with E-state index in [1.54, 1.807) is 6.08 Å². The molecule has 0 aliphatic carbocycles. The van der Waals surface area contributed by atoms with E-state index in [2.05, 4.69) is 0 Å². The number of hydrogen-bond acceptors (Lipinski definition) is 4. The van der Waals surface area contributed by atoms with Crippen LogP contribution in [0.3, 0.4) is 0 Å². The number of rotatable bonds is 3. The third kappa shape index (κ3) is 2.71. The number of carboxylic acid groups (broad SMARTS) is 1. The van der Waals surface area contributed by atoms with E-state index < -0.39 is 12.0 Å². The molecule has 19 heavy (non-hydrogen) atoms. The number of hydrogen-bond donors (Lipinski definition) is 1. The number of nitrogens with zero attached hydrogens (tertiary/aromatic N) is 2. The fourth-order valence-corrected chi connectivity index (χ4v) is 3.10. The lowest BCUT2D eigenvalue weighted by Crippen LogP contribution is -2.41. The van der Waals surface area contributed by atoms with Gasteiger partial charge in [-0.2, -0.15) is 0 Å². The van der Waals surface area contributed by atoms with Crippen LogP contribution in [0.5, 0.6) is 0 Å². The molecule has 5 nitrogen and oxygen atoms in total. The molecular weight excluding hydrogens is 284 g/mol. The number of carbonyl (C=O) groups is 2. The van der Waals surface area contributed by atoms with E-state index in [0.717, 1.165) is 22.2 Å². The molecule has 1 saturated heterocycles. The van der Waals surface area contributed by atoms with E-state index in [9.17, 15) is 9.59 Å². The molecule has 1 amide bonds. The minimum absolute atomic E-state index is 0.280. The van der Waals surface area contributed by atoms with E-state index in [4.69, 9.17) is 17.3 Å². The second-order valence-electron chi connectivity index (χ2n) is 4.18. The molecule has 0 bridgehead atoms. The molecule has 0 saturated carbocycles. The SMILES string of the molecule is CC(C(=O)O)N1C(=O)/C(=C\c2ccn(C)c2)SC1=S.